The Hall–Kier alpha value is -2.31. The maximum absolute atomic E-state index is 12.9. The van der Waals surface area contributed by atoms with Gasteiger partial charge in [0.15, 0.2) is 0 Å². The summed E-state index contributed by atoms with van der Waals surface area (Å²) in [5, 5.41) is 5.23. The highest BCUT2D eigenvalue weighted by Crippen LogP contribution is 2.13. The van der Waals surface area contributed by atoms with Gasteiger partial charge in [0.2, 0.25) is 0 Å². The van der Waals surface area contributed by atoms with Crippen LogP contribution in [0.1, 0.15) is 37.6 Å². The van der Waals surface area contributed by atoms with E-state index in [9.17, 15) is 14.0 Å². The van der Waals surface area contributed by atoms with Gasteiger partial charge >= 0.3 is 6.09 Å². The van der Waals surface area contributed by atoms with Crippen molar-refractivity contribution in [2.45, 2.75) is 32.8 Å². The summed E-state index contributed by atoms with van der Waals surface area (Å²) in [7, 11) is 0. The third-order valence-corrected chi connectivity index (χ3v) is 2.57. The smallest absolute Gasteiger partial charge is 0.407 e. The standard InChI is InChI=1S/C15H22FN3O3/c1-15(2,3)22-14(21)19-8-4-7-18-13(20)11-6-5-10(16)9-12(11)17/h5-6,9H,4,7-8,17H2,1-3H3,(H,18,20)(H,19,21). The molecule has 0 aromatic heterocycles. The number of hydrogen-bond donors (Lipinski definition) is 3. The van der Waals surface area contributed by atoms with Gasteiger partial charge in [-0.1, -0.05) is 0 Å². The van der Waals surface area contributed by atoms with Crippen molar-refractivity contribution in [3.05, 3.63) is 29.6 Å². The van der Waals surface area contributed by atoms with Crippen LogP contribution < -0.4 is 16.4 Å². The van der Waals surface area contributed by atoms with Crippen molar-refractivity contribution < 1.29 is 18.7 Å². The van der Waals surface area contributed by atoms with Crippen molar-refractivity contribution in [3.63, 3.8) is 0 Å². The van der Waals surface area contributed by atoms with E-state index in [4.69, 9.17) is 10.5 Å². The van der Waals surface area contributed by atoms with Gasteiger partial charge in [0.05, 0.1) is 5.56 Å². The summed E-state index contributed by atoms with van der Waals surface area (Å²) in [4.78, 5) is 23.2. The lowest BCUT2D eigenvalue weighted by Gasteiger charge is -2.19. The van der Waals surface area contributed by atoms with E-state index >= 15 is 0 Å². The average Bonchev–Trinajstić information content (AvgIpc) is 2.35. The number of nitrogens with two attached hydrogens (primary N) is 1. The fourth-order valence-electron chi connectivity index (χ4n) is 1.63. The van der Waals surface area contributed by atoms with Crippen LogP contribution in [0.2, 0.25) is 0 Å². The predicted molar refractivity (Wildman–Crippen MR) is 82.0 cm³/mol. The van der Waals surface area contributed by atoms with E-state index < -0.39 is 17.5 Å². The monoisotopic (exact) mass is 311 g/mol. The van der Waals surface area contributed by atoms with Crippen molar-refractivity contribution in [2.24, 2.45) is 0 Å². The zero-order valence-corrected chi connectivity index (χ0v) is 13.0. The van der Waals surface area contributed by atoms with Gasteiger partial charge < -0.3 is 21.1 Å². The molecule has 0 radical (unpaired) electrons. The van der Waals surface area contributed by atoms with Crippen molar-refractivity contribution in [1.82, 2.24) is 10.6 Å². The molecule has 2 amide bonds. The Kier molecular flexibility index (Phi) is 6.15. The summed E-state index contributed by atoms with van der Waals surface area (Å²) in [6, 6.07) is 3.60. The van der Waals surface area contributed by atoms with E-state index in [2.05, 4.69) is 10.6 Å². The van der Waals surface area contributed by atoms with E-state index in [0.717, 1.165) is 6.07 Å². The van der Waals surface area contributed by atoms with Crippen LogP contribution in [0, 0.1) is 5.82 Å². The Morgan fingerprint density at radius 3 is 2.45 bits per heavy atom. The molecule has 122 valence electrons. The predicted octanol–water partition coefficient (Wildman–Crippen LogP) is 2.05. The summed E-state index contributed by atoms with van der Waals surface area (Å²) in [5.74, 6) is -0.870. The molecule has 7 heteroatoms. The van der Waals surface area contributed by atoms with Gasteiger partial charge in [-0.25, -0.2) is 9.18 Å². The van der Waals surface area contributed by atoms with Gasteiger partial charge in [-0.15, -0.1) is 0 Å². The van der Waals surface area contributed by atoms with E-state index in [1.807, 2.05) is 0 Å². The van der Waals surface area contributed by atoms with Crippen molar-refractivity contribution >= 4 is 17.7 Å². The fourth-order valence-corrected chi connectivity index (χ4v) is 1.63. The second-order valence-corrected chi connectivity index (χ2v) is 5.77. The minimum atomic E-state index is -0.543. The molecule has 1 aromatic carbocycles. The topological polar surface area (TPSA) is 93.5 Å². The maximum Gasteiger partial charge on any atom is 0.407 e. The van der Waals surface area contributed by atoms with Gasteiger partial charge in [0, 0.05) is 18.8 Å². The molecule has 1 aromatic rings. The number of benzene rings is 1. The molecule has 0 saturated carbocycles. The van der Waals surface area contributed by atoms with Crippen molar-refractivity contribution in [1.29, 1.82) is 0 Å². The lowest BCUT2D eigenvalue weighted by atomic mass is 10.1. The van der Waals surface area contributed by atoms with Crippen LogP contribution in [0.4, 0.5) is 14.9 Å². The molecule has 0 fully saturated rings. The van der Waals surface area contributed by atoms with Crippen LogP contribution >= 0.6 is 0 Å². The quantitative estimate of drug-likeness (QED) is 0.573. The van der Waals surface area contributed by atoms with Gasteiger partial charge in [0.25, 0.3) is 5.91 Å². The van der Waals surface area contributed by atoms with E-state index in [0.29, 0.717) is 19.5 Å². The Labute approximate surface area is 129 Å². The molecule has 1 rings (SSSR count). The molecule has 0 bridgehead atoms. The zero-order valence-electron chi connectivity index (χ0n) is 13.0. The molecule has 22 heavy (non-hydrogen) atoms. The number of carbonyl (C=O) groups excluding carboxylic acids is 2. The number of nitrogen functional groups attached to an aromatic ring is 1. The van der Waals surface area contributed by atoms with Crippen molar-refractivity contribution in [2.75, 3.05) is 18.8 Å². The summed E-state index contributed by atoms with van der Waals surface area (Å²) in [6.07, 6.45) is 0.0353. The van der Waals surface area contributed by atoms with E-state index in [1.165, 1.54) is 12.1 Å². The number of nitrogens with one attached hydrogen (secondary N) is 2. The third kappa shape index (κ3) is 6.43. The molecule has 0 atom stereocenters. The van der Waals surface area contributed by atoms with Gasteiger partial charge in [-0.3, -0.25) is 4.79 Å². The molecule has 0 saturated heterocycles. The van der Waals surface area contributed by atoms with Crippen LogP contribution in [-0.2, 0) is 4.74 Å². The molecule has 4 N–H and O–H groups in total. The van der Waals surface area contributed by atoms with Gasteiger partial charge in [0.1, 0.15) is 11.4 Å². The second-order valence-electron chi connectivity index (χ2n) is 5.77. The molecular weight excluding hydrogens is 289 g/mol. The SMILES string of the molecule is CC(C)(C)OC(=O)NCCCNC(=O)c1ccc(F)cc1N. The van der Waals surface area contributed by atoms with E-state index in [-0.39, 0.29) is 17.2 Å². The molecular formula is C15H22FN3O3. The number of ether oxygens (including phenoxy) is 1. The Morgan fingerprint density at radius 1 is 1.23 bits per heavy atom. The average molecular weight is 311 g/mol. The Morgan fingerprint density at radius 2 is 1.86 bits per heavy atom. The summed E-state index contributed by atoms with van der Waals surface area (Å²) in [5.41, 5.74) is 5.34. The van der Waals surface area contributed by atoms with Crippen molar-refractivity contribution in [3.8, 4) is 0 Å². The highest BCUT2D eigenvalue weighted by molar-refractivity contribution is 5.99. The second kappa shape index (κ2) is 7.63. The maximum atomic E-state index is 12.9. The highest BCUT2D eigenvalue weighted by atomic mass is 19.1. The number of hydrogen-bond acceptors (Lipinski definition) is 4. The fraction of sp³-hybridized carbons (Fsp3) is 0.467. The van der Waals surface area contributed by atoms with Crippen LogP contribution in [-0.4, -0.2) is 30.7 Å². The van der Waals surface area contributed by atoms with Gasteiger partial charge in [-0.2, -0.15) is 0 Å². The lowest BCUT2D eigenvalue weighted by Crippen LogP contribution is -2.34. The minimum absolute atomic E-state index is 0.0874. The third-order valence-electron chi connectivity index (χ3n) is 2.57. The molecule has 0 aliphatic heterocycles. The first kappa shape index (κ1) is 17.7. The lowest BCUT2D eigenvalue weighted by molar-refractivity contribution is 0.0527. The largest absolute Gasteiger partial charge is 0.444 e. The van der Waals surface area contributed by atoms with Crippen LogP contribution in [0.5, 0.6) is 0 Å². The molecule has 0 aliphatic rings. The number of carbonyl (C=O) groups is 2. The first-order chi connectivity index (χ1) is 10.2. The summed E-state index contributed by atoms with van der Waals surface area (Å²) < 4.78 is 18.0. The van der Waals surface area contributed by atoms with Crippen LogP contribution in [0.3, 0.4) is 0 Å². The number of rotatable bonds is 5. The molecule has 0 heterocycles. The Balaban J connectivity index is 2.27. The first-order valence-corrected chi connectivity index (χ1v) is 6.99. The zero-order chi connectivity index (χ0) is 16.8. The minimum Gasteiger partial charge on any atom is -0.444 e. The molecule has 0 aliphatic carbocycles. The molecule has 0 unspecified atom stereocenters. The Bertz CT molecular complexity index is 541. The highest BCUT2D eigenvalue weighted by Gasteiger charge is 2.15. The number of halogens is 1. The normalized spacial score (nSPS) is 10.9. The van der Waals surface area contributed by atoms with Gasteiger partial charge in [-0.05, 0) is 45.4 Å². The number of anilines is 1. The summed E-state index contributed by atoms with van der Waals surface area (Å²) in [6.45, 7) is 6.05. The van der Waals surface area contributed by atoms with E-state index in [1.54, 1.807) is 20.8 Å². The molecule has 0 spiro atoms. The number of alkyl carbamates (subject to hydrolysis) is 1. The van der Waals surface area contributed by atoms with Crippen LogP contribution in [0.25, 0.3) is 0 Å². The van der Waals surface area contributed by atoms with Crippen LogP contribution in [0.15, 0.2) is 18.2 Å². The molecule has 6 nitrogen and oxygen atoms in total. The number of amides is 2. The first-order valence-electron chi connectivity index (χ1n) is 6.99. The summed E-state index contributed by atoms with van der Waals surface area (Å²) >= 11 is 0.